The summed E-state index contributed by atoms with van der Waals surface area (Å²) in [6, 6.07) is 22.8. The van der Waals surface area contributed by atoms with Gasteiger partial charge in [-0.1, -0.05) is 47.5 Å². The van der Waals surface area contributed by atoms with Crippen molar-refractivity contribution in [1.82, 2.24) is 9.80 Å². The first-order chi connectivity index (χ1) is 16.0. The van der Waals surface area contributed by atoms with Crippen molar-refractivity contribution in [3.63, 3.8) is 0 Å². The summed E-state index contributed by atoms with van der Waals surface area (Å²) in [5, 5.41) is 1.31. The number of rotatable bonds is 5. The topological polar surface area (TPSA) is 32.8 Å². The second kappa shape index (κ2) is 9.38. The summed E-state index contributed by atoms with van der Waals surface area (Å²) in [5.74, 6) is 1.71. The molecule has 4 nitrogen and oxygen atoms in total. The number of nitrogens with zero attached hydrogens (tertiary/aromatic N) is 2. The second-order valence-corrected chi connectivity index (χ2v) is 9.98. The van der Waals surface area contributed by atoms with Crippen molar-refractivity contribution in [1.29, 1.82) is 0 Å². The van der Waals surface area contributed by atoms with Gasteiger partial charge in [0, 0.05) is 53.9 Å². The SMILES string of the molecule is O=C(c1ccc(Cl)cc1)N1CCC2(CC1)CN(Cc1ccccc1Oc1cccc(Cl)c1)C2. The predicted molar refractivity (Wildman–Crippen MR) is 132 cm³/mol. The fraction of sp³-hybridized carbons (Fsp3) is 0.296. The quantitative estimate of drug-likeness (QED) is 0.416. The van der Waals surface area contributed by atoms with Gasteiger partial charge >= 0.3 is 0 Å². The Morgan fingerprint density at radius 3 is 2.33 bits per heavy atom. The Labute approximate surface area is 204 Å². The molecule has 170 valence electrons. The number of benzene rings is 3. The zero-order valence-electron chi connectivity index (χ0n) is 18.3. The van der Waals surface area contributed by atoms with Gasteiger partial charge in [0.2, 0.25) is 0 Å². The smallest absolute Gasteiger partial charge is 0.253 e. The Balaban J connectivity index is 1.16. The lowest BCUT2D eigenvalue weighted by molar-refractivity contribution is -0.0467. The van der Waals surface area contributed by atoms with Crippen molar-refractivity contribution in [2.45, 2.75) is 19.4 Å². The van der Waals surface area contributed by atoms with E-state index in [9.17, 15) is 4.79 Å². The van der Waals surface area contributed by atoms with Crippen molar-refractivity contribution in [2.75, 3.05) is 26.2 Å². The summed E-state index contributed by atoms with van der Waals surface area (Å²) >= 11 is 12.1. The van der Waals surface area contributed by atoms with Crippen molar-refractivity contribution in [3.05, 3.63) is 94.0 Å². The van der Waals surface area contributed by atoms with Crippen molar-refractivity contribution in [3.8, 4) is 11.5 Å². The van der Waals surface area contributed by atoms with E-state index in [1.165, 1.54) is 5.56 Å². The fourth-order valence-electron chi connectivity index (χ4n) is 4.92. The molecule has 3 aromatic carbocycles. The monoisotopic (exact) mass is 480 g/mol. The van der Waals surface area contributed by atoms with E-state index in [1.807, 2.05) is 53.4 Å². The molecule has 33 heavy (non-hydrogen) atoms. The first kappa shape index (κ1) is 22.3. The lowest BCUT2D eigenvalue weighted by Crippen LogP contribution is -2.60. The highest BCUT2D eigenvalue weighted by Crippen LogP contribution is 2.42. The van der Waals surface area contributed by atoms with E-state index in [-0.39, 0.29) is 5.91 Å². The summed E-state index contributed by atoms with van der Waals surface area (Å²) in [5.41, 5.74) is 2.20. The van der Waals surface area contributed by atoms with Crippen molar-refractivity contribution in [2.24, 2.45) is 5.41 Å². The van der Waals surface area contributed by atoms with Crippen LogP contribution in [0.15, 0.2) is 72.8 Å². The molecule has 0 radical (unpaired) electrons. The molecule has 0 saturated carbocycles. The van der Waals surface area contributed by atoms with Gasteiger partial charge in [-0.2, -0.15) is 0 Å². The number of halogens is 2. The van der Waals surface area contributed by atoms with Gasteiger partial charge in [-0.05, 0) is 66.8 Å². The molecule has 0 unspecified atom stereocenters. The number of carbonyl (C=O) groups is 1. The van der Waals surface area contributed by atoms with Gasteiger partial charge in [0.15, 0.2) is 0 Å². The van der Waals surface area contributed by atoms with E-state index in [4.69, 9.17) is 27.9 Å². The summed E-state index contributed by atoms with van der Waals surface area (Å²) in [6.45, 7) is 4.59. The van der Waals surface area contributed by atoms with E-state index in [0.29, 0.717) is 21.0 Å². The largest absolute Gasteiger partial charge is 0.457 e. The maximum atomic E-state index is 12.8. The minimum absolute atomic E-state index is 0.102. The highest BCUT2D eigenvalue weighted by Gasteiger charge is 2.45. The number of ether oxygens (including phenoxy) is 1. The number of likely N-dealkylation sites (tertiary alicyclic amines) is 2. The van der Waals surface area contributed by atoms with Crippen molar-refractivity contribution < 1.29 is 9.53 Å². The molecule has 2 saturated heterocycles. The lowest BCUT2D eigenvalue weighted by atomic mass is 9.71. The van der Waals surface area contributed by atoms with Gasteiger partial charge in [-0.15, -0.1) is 0 Å². The molecule has 0 aromatic heterocycles. The molecular weight excluding hydrogens is 455 g/mol. The van der Waals surface area contributed by atoms with E-state index >= 15 is 0 Å². The number of carbonyl (C=O) groups excluding carboxylic acids is 1. The fourth-order valence-corrected chi connectivity index (χ4v) is 5.23. The number of amides is 1. The standard InChI is InChI=1S/C27H26Cl2N2O2/c28-22-10-8-20(9-11-22)26(32)31-14-12-27(13-15-31)18-30(19-27)17-21-4-1-2-7-25(21)33-24-6-3-5-23(29)16-24/h1-11,16H,12-15,17-19H2. The second-order valence-electron chi connectivity index (χ2n) is 9.11. The molecule has 0 atom stereocenters. The van der Waals surface area contributed by atoms with Crippen LogP contribution in [0, 0.1) is 5.41 Å². The van der Waals surface area contributed by atoms with E-state index in [1.54, 1.807) is 12.1 Å². The first-order valence-corrected chi connectivity index (χ1v) is 12.0. The molecule has 1 amide bonds. The van der Waals surface area contributed by atoms with E-state index in [2.05, 4.69) is 17.0 Å². The molecule has 2 heterocycles. The molecule has 1 spiro atoms. The Kier molecular flexibility index (Phi) is 6.33. The van der Waals surface area contributed by atoms with Gasteiger partial charge in [-0.3, -0.25) is 9.69 Å². The maximum Gasteiger partial charge on any atom is 0.253 e. The van der Waals surface area contributed by atoms with Gasteiger partial charge in [-0.25, -0.2) is 0 Å². The van der Waals surface area contributed by atoms with Crippen LogP contribution in [0.4, 0.5) is 0 Å². The Bertz CT molecular complexity index is 1130. The van der Waals surface area contributed by atoms with E-state index in [0.717, 1.165) is 57.1 Å². The van der Waals surface area contributed by atoms with Crippen LogP contribution in [-0.4, -0.2) is 41.9 Å². The van der Waals surface area contributed by atoms with E-state index < -0.39 is 0 Å². The zero-order valence-corrected chi connectivity index (χ0v) is 19.9. The van der Waals surface area contributed by atoms with Gasteiger partial charge < -0.3 is 9.64 Å². The highest BCUT2D eigenvalue weighted by atomic mass is 35.5. The Morgan fingerprint density at radius 2 is 1.61 bits per heavy atom. The van der Waals surface area contributed by atoms with Crippen LogP contribution in [0.3, 0.4) is 0 Å². The average molecular weight is 481 g/mol. The number of hydrogen-bond donors (Lipinski definition) is 0. The van der Waals surface area contributed by atoms with Crippen molar-refractivity contribution >= 4 is 29.1 Å². The highest BCUT2D eigenvalue weighted by molar-refractivity contribution is 6.31. The third kappa shape index (κ3) is 5.03. The molecule has 2 fully saturated rings. The summed E-state index contributed by atoms with van der Waals surface area (Å²) in [7, 11) is 0. The predicted octanol–water partition coefficient (Wildman–Crippen LogP) is 6.52. The Hall–Kier alpha value is -2.53. The summed E-state index contributed by atoms with van der Waals surface area (Å²) < 4.78 is 6.12. The molecule has 0 bridgehead atoms. The summed E-state index contributed by atoms with van der Waals surface area (Å²) in [6.07, 6.45) is 2.09. The van der Waals surface area contributed by atoms with Crippen LogP contribution in [0.25, 0.3) is 0 Å². The molecule has 0 N–H and O–H groups in total. The van der Waals surface area contributed by atoms with Crippen LogP contribution in [0.2, 0.25) is 10.0 Å². The molecule has 0 aliphatic carbocycles. The maximum absolute atomic E-state index is 12.8. The zero-order chi connectivity index (χ0) is 22.8. The average Bonchev–Trinajstić information content (AvgIpc) is 2.80. The minimum Gasteiger partial charge on any atom is -0.457 e. The molecule has 5 rings (SSSR count). The van der Waals surface area contributed by atoms with Crippen LogP contribution in [0.5, 0.6) is 11.5 Å². The van der Waals surface area contributed by atoms with Gasteiger partial charge in [0.1, 0.15) is 11.5 Å². The number of piperidine rings is 1. The minimum atomic E-state index is 0.102. The molecule has 6 heteroatoms. The van der Waals surface area contributed by atoms with Gasteiger partial charge in [0.25, 0.3) is 5.91 Å². The summed E-state index contributed by atoms with van der Waals surface area (Å²) in [4.78, 5) is 17.2. The normalized spacial score (nSPS) is 17.6. The van der Waals surface area contributed by atoms with Crippen LogP contribution >= 0.6 is 23.2 Å². The number of para-hydroxylation sites is 1. The lowest BCUT2D eigenvalue weighted by Gasteiger charge is -2.54. The van der Waals surface area contributed by atoms with Crippen LogP contribution in [0.1, 0.15) is 28.8 Å². The number of hydrogen-bond acceptors (Lipinski definition) is 3. The van der Waals surface area contributed by atoms with Crippen LogP contribution in [-0.2, 0) is 6.54 Å². The third-order valence-electron chi connectivity index (χ3n) is 6.71. The first-order valence-electron chi connectivity index (χ1n) is 11.3. The third-order valence-corrected chi connectivity index (χ3v) is 7.20. The van der Waals surface area contributed by atoms with Crippen LogP contribution < -0.4 is 4.74 Å². The Morgan fingerprint density at radius 1 is 0.879 bits per heavy atom. The molecular formula is C27H26Cl2N2O2. The molecule has 3 aromatic rings. The molecule has 2 aliphatic rings. The van der Waals surface area contributed by atoms with Gasteiger partial charge in [0.05, 0.1) is 0 Å². The molecule has 2 aliphatic heterocycles.